The molecule has 0 amide bonds. The van der Waals surface area contributed by atoms with Crippen LogP contribution in [0.2, 0.25) is 10.0 Å². The number of rotatable bonds is 4. The third-order valence-corrected chi connectivity index (χ3v) is 4.37. The molecule has 0 unspecified atom stereocenters. The maximum absolute atomic E-state index is 13.5. The van der Waals surface area contributed by atoms with Crippen LogP contribution in [0.25, 0.3) is 11.1 Å². The number of benzene rings is 2. The lowest BCUT2D eigenvalue weighted by Crippen LogP contribution is -2.15. The molecule has 0 saturated heterocycles. The highest BCUT2D eigenvalue weighted by atomic mass is 35.5. The van der Waals surface area contributed by atoms with Crippen LogP contribution in [-0.2, 0) is 6.54 Å². The number of halogens is 3. The van der Waals surface area contributed by atoms with E-state index in [1.807, 2.05) is 18.2 Å². The molecule has 0 heterocycles. The molecule has 0 atom stereocenters. The van der Waals surface area contributed by atoms with E-state index in [-0.39, 0.29) is 5.82 Å². The Kier molecular flexibility index (Phi) is 4.21. The quantitative estimate of drug-likeness (QED) is 0.798. The maximum atomic E-state index is 13.5. The zero-order valence-electron chi connectivity index (χ0n) is 11.7. The molecule has 1 saturated carbocycles. The van der Waals surface area contributed by atoms with Gasteiger partial charge in [0.05, 0.1) is 5.02 Å². The van der Waals surface area contributed by atoms with Crippen molar-refractivity contribution in [1.82, 2.24) is 5.32 Å². The molecule has 1 N–H and O–H groups in total. The maximum Gasteiger partial charge on any atom is 0.127 e. The SMILES string of the molecule is Cc1cc(-c2ccc(CNC3CC3)cc2Cl)c(Cl)cc1F. The smallest absolute Gasteiger partial charge is 0.127 e. The molecular formula is C17H16Cl2FN. The Morgan fingerprint density at radius 2 is 1.81 bits per heavy atom. The standard InChI is InChI=1S/C17H16Cl2FN/c1-10-6-14(16(19)8-17(10)20)13-5-2-11(7-15(13)18)9-21-12-3-4-12/h2,5-8,12,21H,3-4,9H2,1H3. The van der Waals surface area contributed by atoms with E-state index in [1.54, 1.807) is 13.0 Å². The van der Waals surface area contributed by atoms with E-state index < -0.39 is 0 Å². The lowest BCUT2D eigenvalue weighted by Gasteiger charge is -2.11. The first kappa shape index (κ1) is 14.8. The van der Waals surface area contributed by atoms with Gasteiger partial charge in [0.2, 0.25) is 0 Å². The van der Waals surface area contributed by atoms with Crippen LogP contribution in [-0.4, -0.2) is 6.04 Å². The molecular weight excluding hydrogens is 308 g/mol. The molecule has 0 spiro atoms. The highest BCUT2D eigenvalue weighted by Gasteiger charge is 2.20. The molecule has 110 valence electrons. The van der Waals surface area contributed by atoms with Crippen molar-refractivity contribution in [3.05, 3.63) is 57.3 Å². The van der Waals surface area contributed by atoms with E-state index in [4.69, 9.17) is 23.2 Å². The summed E-state index contributed by atoms with van der Waals surface area (Å²) in [6.45, 7) is 2.54. The summed E-state index contributed by atoms with van der Waals surface area (Å²) in [6, 6.07) is 9.67. The molecule has 0 radical (unpaired) electrons. The Bertz CT molecular complexity index is 681. The van der Waals surface area contributed by atoms with Gasteiger partial charge in [-0.2, -0.15) is 0 Å². The van der Waals surface area contributed by atoms with E-state index in [1.165, 1.54) is 18.9 Å². The molecule has 3 rings (SSSR count). The number of nitrogens with one attached hydrogen (secondary N) is 1. The van der Waals surface area contributed by atoms with Gasteiger partial charge in [0, 0.05) is 28.7 Å². The van der Waals surface area contributed by atoms with E-state index in [9.17, 15) is 4.39 Å². The van der Waals surface area contributed by atoms with Crippen LogP contribution in [0.5, 0.6) is 0 Å². The molecule has 1 aliphatic carbocycles. The van der Waals surface area contributed by atoms with Crippen LogP contribution in [0, 0.1) is 12.7 Å². The predicted molar refractivity (Wildman–Crippen MR) is 86.5 cm³/mol. The van der Waals surface area contributed by atoms with E-state index in [0.717, 1.165) is 23.2 Å². The molecule has 21 heavy (non-hydrogen) atoms. The van der Waals surface area contributed by atoms with Gasteiger partial charge < -0.3 is 5.32 Å². The second-order valence-corrected chi connectivity index (χ2v) is 6.37. The minimum Gasteiger partial charge on any atom is -0.310 e. The number of aryl methyl sites for hydroxylation is 1. The molecule has 0 aliphatic heterocycles. The Hall–Kier alpha value is -1.09. The Morgan fingerprint density at radius 1 is 1.10 bits per heavy atom. The summed E-state index contributed by atoms with van der Waals surface area (Å²) >= 11 is 12.5. The van der Waals surface area contributed by atoms with Gasteiger partial charge in [-0.15, -0.1) is 0 Å². The summed E-state index contributed by atoms with van der Waals surface area (Å²) in [7, 11) is 0. The zero-order chi connectivity index (χ0) is 15.0. The third kappa shape index (κ3) is 3.39. The molecule has 4 heteroatoms. The van der Waals surface area contributed by atoms with Crippen molar-refractivity contribution in [1.29, 1.82) is 0 Å². The van der Waals surface area contributed by atoms with Crippen LogP contribution in [0.4, 0.5) is 4.39 Å². The van der Waals surface area contributed by atoms with Crippen LogP contribution in [0.15, 0.2) is 30.3 Å². The summed E-state index contributed by atoms with van der Waals surface area (Å²) in [6.07, 6.45) is 2.52. The van der Waals surface area contributed by atoms with Crippen molar-refractivity contribution in [2.45, 2.75) is 32.4 Å². The normalized spacial score (nSPS) is 14.5. The van der Waals surface area contributed by atoms with Gasteiger partial charge in [0.15, 0.2) is 0 Å². The van der Waals surface area contributed by atoms with Crippen molar-refractivity contribution < 1.29 is 4.39 Å². The van der Waals surface area contributed by atoms with Crippen molar-refractivity contribution in [2.75, 3.05) is 0 Å². The lowest BCUT2D eigenvalue weighted by atomic mass is 10.0. The highest BCUT2D eigenvalue weighted by molar-refractivity contribution is 6.36. The Morgan fingerprint density at radius 3 is 2.48 bits per heavy atom. The summed E-state index contributed by atoms with van der Waals surface area (Å²) in [5.74, 6) is -0.301. The second-order valence-electron chi connectivity index (χ2n) is 5.55. The van der Waals surface area contributed by atoms with Crippen molar-refractivity contribution in [3.8, 4) is 11.1 Å². The molecule has 2 aromatic carbocycles. The average Bonchev–Trinajstić information content (AvgIpc) is 3.25. The Labute approximate surface area is 134 Å². The van der Waals surface area contributed by atoms with Gasteiger partial charge in [-0.05, 0) is 49.1 Å². The van der Waals surface area contributed by atoms with Crippen LogP contribution < -0.4 is 5.32 Å². The van der Waals surface area contributed by atoms with Crippen molar-refractivity contribution in [2.24, 2.45) is 0 Å². The van der Waals surface area contributed by atoms with E-state index in [0.29, 0.717) is 21.7 Å². The number of hydrogen-bond donors (Lipinski definition) is 1. The van der Waals surface area contributed by atoms with Crippen LogP contribution >= 0.6 is 23.2 Å². The molecule has 1 aliphatic rings. The summed E-state index contributed by atoms with van der Waals surface area (Å²) in [5, 5.41) is 4.47. The topological polar surface area (TPSA) is 12.0 Å². The first-order chi connectivity index (χ1) is 10.0. The van der Waals surface area contributed by atoms with Gasteiger partial charge in [-0.25, -0.2) is 4.39 Å². The molecule has 1 fully saturated rings. The van der Waals surface area contributed by atoms with E-state index in [2.05, 4.69) is 5.32 Å². The van der Waals surface area contributed by atoms with Crippen LogP contribution in [0.1, 0.15) is 24.0 Å². The van der Waals surface area contributed by atoms with Gasteiger partial charge >= 0.3 is 0 Å². The number of hydrogen-bond acceptors (Lipinski definition) is 1. The Balaban J connectivity index is 1.89. The molecule has 2 aromatic rings. The van der Waals surface area contributed by atoms with Gasteiger partial charge in [0.25, 0.3) is 0 Å². The molecule has 1 nitrogen and oxygen atoms in total. The van der Waals surface area contributed by atoms with Gasteiger partial charge in [-0.1, -0.05) is 35.3 Å². The molecule has 0 bridgehead atoms. The summed E-state index contributed by atoms with van der Waals surface area (Å²) in [4.78, 5) is 0. The average molecular weight is 324 g/mol. The summed E-state index contributed by atoms with van der Waals surface area (Å²) < 4.78 is 13.5. The minimum atomic E-state index is -0.301. The largest absolute Gasteiger partial charge is 0.310 e. The van der Waals surface area contributed by atoms with Gasteiger partial charge in [-0.3, -0.25) is 0 Å². The van der Waals surface area contributed by atoms with Crippen molar-refractivity contribution in [3.63, 3.8) is 0 Å². The zero-order valence-corrected chi connectivity index (χ0v) is 13.2. The monoisotopic (exact) mass is 323 g/mol. The first-order valence-corrected chi connectivity index (χ1v) is 7.78. The molecule has 0 aromatic heterocycles. The van der Waals surface area contributed by atoms with Crippen molar-refractivity contribution >= 4 is 23.2 Å². The predicted octanol–water partition coefficient (Wildman–Crippen LogP) is 5.36. The van der Waals surface area contributed by atoms with Crippen LogP contribution in [0.3, 0.4) is 0 Å². The highest BCUT2D eigenvalue weighted by Crippen LogP contribution is 2.35. The van der Waals surface area contributed by atoms with E-state index >= 15 is 0 Å². The fourth-order valence-corrected chi connectivity index (χ4v) is 2.86. The third-order valence-electron chi connectivity index (χ3n) is 3.74. The second kappa shape index (κ2) is 5.96. The summed E-state index contributed by atoms with van der Waals surface area (Å²) in [5.41, 5.74) is 3.30. The lowest BCUT2D eigenvalue weighted by molar-refractivity contribution is 0.619. The fraction of sp³-hybridized carbons (Fsp3) is 0.294. The van der Waals surface area contributed by atoms with Gasteiger partial charge in [0.1, 0.15) is 5.82 Å². The fourth-order valence-electron chi connectivity index (χ4n) is 2.30. The first-order valence-electron chi connectivity index (χ1n) is 7.02. The minimum absolute atomic E-state index is 0.301.